The Morgan fingerprint density at radius 2 is 1.90 bits per heavy atom. The number of aliphatic hydroxyl groups is 3. The SMILES string of the molecule is C[C@@H]1C[C@H]2[C@@H]3C[C@H](Cl)C4=C(Cl)C(=O)C=C[C@]4(C)[C@@]3(Cl)[C@@H](O)C[C@]2(C)[C@@]1(O)C(=O)CO. The van der Waals surface area contributed by atoms with E-state index in [2.05, 4.69) is 0 Å². The number of ketones is 2. The van der Waals surface area contributed by atoms with Gasteiger partial charge in [-0.2, -0.15) is 0 Å². The number of carbonyl (C=O) groups excluding carboxylic acids is 2. The molecule has 0 heterocycles. The van der Waals surface area contributed by atoms with Crippen LogP contribution in [0.1, 0.15) is 40.0 Å². The molecule has 166 valence electrons. The Hall–Kier alpha value is -0.430. The molecule has 9 atom stereocenters. The molecule has 0 radical (unpaired) electrons. The van der Waals surface area contributed by atoms with E-state index in [-0.39, 0.29) is 29.1 Å². The predicted molar refractivity (Wildman–Crippen MR) is 115 cm³/mol. The maximum Gasteiger partial charge on any atom is 0.196 e. The highest BCUT2D eigenvalue weighted by Gasteiger charge is 2.75. The molecule has 0 bridgehead atoms. The van der Waals surface area contributed by atoms with Gasteiger partial charge in [0.2, 0.25) is 0 Å². The number of carbonyl (C=O) groups is 2. The summed E-state index contributed by atoms with van der Waals surface area (Å²) >= 11 is 20.5. The molecule has 0 aromatic rings. The third-order valence-electron chi connectivity index (χ3n) is 8.86. The maximum absolute atomic E-state index is 12.7. The summed E-state index contributed by atoms with van der Waals surface area (Å²) in [4.78, 5) is 23.7. The van der Waals surface area contributed by atoms with Crippen molar-refractivity contribution in [1.82, 2.24) is 0 Å². The van der Waals surface area contributed by atoms with E-state index >= 15 is 0 Å². The van der Waals surface area contributed by atoms with Gasteiger partial charge in [0.25, 0.3) is 0 Å². The summed E-state index contributed by atoms with van der Waals surface area (Å²) < 4.78 is 0. The average Bonchev–Trinajstić information content (AvgIpc) is 2.88. The van der Waals surface area contributed by atoms with Crippen LogP contribution in [-0.4, -0.2) is 55.4 Å². The highest BCUT2D eigenvalue weighted by atomic mass is 35.5. The van der Waals surface area contributed by atoms with Crippen molar-refractivity contribution in [3.05, 3.63) is 22.8 Å². The monoisotopic (exact) mass is 476 g/mol. The number of allylic oxidation sites excluding steroid dienone is 4. The summed E-state index contributed by atoms with van der Waals surface area (Å²) in [6.07, 6.45) is 2.94. The lowest BCUT2D eigenvalue weighted by atomic mass is 9.45. The van der Waals surface area contributed by atoms with E-state index in [1.165, 1.54) is 6.08 Å². The van der Waals surface area contributed by atoms with Gasteiger partial charge in [0.05, 0.1) is 21.4 Å². The number of hydrogen-bond acceptors (Lipinski definition) is 5. The molecular formula is C22H27Cl3O5. The smallest absolute Gasteiger partial charge is 0.196 e. The maximum atomic E-state index is 12.7. The van der Waals surface area contributed by atoms with Gasteiger partial charge in [0.1, 0.15) is 12.2 Å². The normalized spacial score (nSPS) is 52.7. The third-order valence-corrected chi connectivity index (χ3v) is 10.6. The third kappa shape index (κ3) is 2.37. The molecular weight excluding hydrogens is 451 g/mol. The zero-order valence-electron chi connectivity index (χ0n) is 17.2. The first-order valence-electron chi connectivity index (χ1n) is 10.3. The molecule has 4 rings (SSSR count). The van der Waals surface area contributed by atoms with Crippen molar-refractivity contribution in [3.63, 3.8) is 0 Å². The molecule has 0 spiro atoms. The molecule has 8 heteroatoms. The molecule has 4 aliphatic carbocycles. The van der Waals surface area contributed by atoms with E-state index in [0.717, 1.165) is 0 Å². The van der Waals surface area contributed by atoms with E-state index in [9.17, 15) is 24.9 Å². The van der Waals surface area contributed by atoms with Gasteiger partial charge in [-0.3, -0.25) is 9.59 Å². The van der Waals surface area contributed by atoms with Crippen LogP contribution in [0.4, 0.5) is 0 Å². The van der Waals surface area contributed by atoms with E-state index in [1.54, 1.807) is 19.9 Å². The molecule has 3 N–H and O–H groups in total. The van der Waals surface area contributed by atoms with Crippen LogP contribution >= 0.6 is 34.8 Å². The molecule has 0 aromatic carbocycles. The van der Waals surface area contributed by atoms with Gasteiger partial charge in [-0.15, -0.1) is 23.2 Å². The topological polar surface area (TPSA) is 94.8 Å². The van der Waals surface area contributed by atoms with Crippen molar-refractivity contribution in [1.29, 1.82) is 0 Å². The Kier molecular flexibility index (Phi) is 5.15. The summed E-state index contributed by atoms with van der Waals surface area (Å²) in [5, 5.41) is 32.0. The standard InChI is InChI=1S/C22H27Cl3O5/c1-10-6-11-12-7-13(23)17-18(24)14(27)4-5-19(17,2)21(12,25)15(28)8-20(11,3)22(10,30)16(29)9-26/h4-5,10-13,15,26,28,30H,6-9H2,1-3H3/t10-,11+,12+,13+,15+,19+,20+,21+,22+/m1/s1. The minimum Gasteiger partial charge on any atom is -0.391 e. The molecule has 4 aliphatic rings. The Balaban J connectivity index is 1.89. The number of aliphatic hydroxyl groups excluding tert-OH is 2. The molecule has 3 saturated carbocycles. The van der Waals surface area contributed by atoms with Crippen LogP contribution in [0, 0.1) is 28.6 Å². The van der Waals surface area contributed by atoms with E-state index < -0.39 is 51.1 Å². The molecule has 0 aliphatic heterocycles. The predicted octanol–water partition coefficient (Wildman–Crippen LogP) is 2.95. The first-order valence-corrected chi connectivity index (χ1v) is 11.5. The summed E-state index contributed by atoms with van der Waals surface area (Å²) in [6.45, 7) is 4.68. The van der Waals surface area contributed by atoms with Crippen molar-refractivity contribution >= 4 is 46.4 Å². The molecule has 0 aromatic heterocycles. The number of alkyl halides is 2. The number of rotatable bonds is 2. The fraction of sp³-hybridized carbons (Fsp3) is 0.727. The fourth-order valence-corrected chi connectivity index (χ4v) is 8.80. The van der Waals surface area contributed by atoms with Crippen molar-refractivity contribution < 1.29 is 24.9 Å². The Labute approximate surface area is 191 Å². The van der Waals surface area contributed by atoms with Gasteiger partial charge in [0, 0.05) is 10.8 Å². The molecule has 0 unspecified atom stereocenters. The highest BCUT2D eigenvalue weighted by molar-refractivity contribution is 6.46. The van der Waals surface area contributed by atoms with Crippen molar-refractivity contribution in [2.75, 3.05) is 6.61 Å². The van der Waals surface area contributed by atoms with Crippen molar-refractivity contribution in [2.24, 2.45) is 28.6 Å². The van der Waals surface area contributed by atoms with E-state index in [1.807, 2.05) is 6.92 Å². The molecule has 5 nitrogen and oxygen atoms in total. The highest BCUT2D eigenvalue weighted by Crippen LogP contribution is 2.72. The van der Waals surface area contributed by atoms with E-state index in [0.29, 0.717) is 18.4 Å². The van der Waals surface area contributed by atoms with Gasteiger partial charge < -0.3 is 15.3 Å². The minimum absolute atomic E-state index is 0.0470. The van der Waals surface area contributed by atoms with Crippen LogP contribution in [0.3, 0.4) is 0 Å². The van der Waals surface area contributed by atoms with Crippen LogP contribution < -0.4 is 0 Å². The average molecular weight is 478 g/mol. The second kappa shape index (κ2) is 6.79. The quantitative estimate of drug-likeness (QED) is 0.532. The number of fused-ring (bicyclic) bond motifs is 5. The zero-order chi connectivity index (χ0) is 22.4. The van der Waals surface area contributed by atoms with Gasteiger partial charge in [-0.25, -0.2) is 0 Å². The first kappa shape index (κ1) is 22.8. The first-order chi connectivity index (χ1) is 13.8. The number of hydrogen-bond donors (Lipinski definition) is 3. The lowest BCUT2D eigenvalue weighted by molar-refractivity contribution is -0.179. The zero-order valence-corrected chi connectivity index (χ0v) is 19.4. The molecule has 0 amide bonds. The Morgan fingerprint density at radius 1 is 1.27 bits per heavy atom. The lowest BCUT2D eigenvalue weighted by Gasteiger charge is -2.64. The Bertz CT molecular complexity index is 886. The van der Waals surface area contributed by atoms with Gasteiger partial charge in [-0.05, 0) is 48.7 Å². The van der Waals surface area contributed by atoms with Gasteiger partial charge >= 0.3 is 0 Å². The van der Waals surface area contributed by atoms with Crippen LogP contribution in [0.2, 0.25) is 0 Å². The van der Waals surface area contributed by atoms with Crippen molar-refractivity contribution in [2.45, 2.75) is 62.0 Å². The molecule has 30 heavy (non-hydrogen) atoms. The number of Topliss-reactive ketones (excluding diaryl/α,β-unsaturated/α-hetero) is 1. The van der Waals surface area contributed by atoms with Crippen LogP contribution in [0.25, 0.3) is 0 Å². The summed E-state index contributed by atoms with van der Waals surface area (Å²) in [5.74, 6) is -1.93. The summed E-state index contributed by atoms with van der Waals surface area (Å²) in [5.41, 5.74) is -3.16. The fourth-order valence-electron chi connectivity index (χ4n) is 7.35. The van der Waals surface area contributed by atoms with Crippen LogP contribution in [0.15, 0.2) is 22.8 Å². The Morgan fingerprint density at radius 3 is 2.50 bits per heavy atom. The second-order valence-corrected chi connectivity index (χ2v) is 11.5. The molecule has 3 fully saturated rings. The lowest BCUT2D eigenvalue weighted by Crippen LogP contribution is -2.70. The van der Waals surface area contributed by atoms with Crippen LogP contribution in [-0.2, 0) is 9.59 Å². The van der Waals surface area contributed by atoms with Gasteiger partial charge in [0.15, 0.2) is 11.6 Å². The second-order valence-electron chi connectivity index (χ2n) is 9.93. The van der Waals surface area contributed by atoms with Gasteiger partial charge in [-0.1, -0.05) is 38.4 Å². The van der Waals surface area contributed by atoms with E-state index in [4.69, 9.17) is 34.8 Å². The molecule has 0 saturated heterocycles. The summed E-state index contributed by atoms with van der Waals surface area (Å²) in [7, 11) is 0. The minimum atomic E-state index is -1.76. The van der Waals surface area contributed by atoms with Crippen LogP contribution in [0.5, 0.6) is 0 Å². The summed E-state index contributed by atoms with van der Waals surface area (Å²) in [6, 6.07) is 0. The van der Waals surface area contributed by atoms with Crippen molar-refractivity contribution in [3.8, 4) is 0 Å². The number of halogens is 3. The largest absolute Gasteiger partial charge is 0.391 e.